The predicted molar refractivity (Wildman–Crippen MR) is 82.1 cm³/mol. The summed E-state index contributed by atoms with van der Waals surface area (Å²) in [6.45, 7) is 8.20. The molecule has 1 aromatic rings. The van der Waals surface area contributed by atoms with Crippen LogP contribution in [0, 0.1) is 0 Å². The zero-order valence-electron chi connectivity index (χ0n) is 12.7. The minimum atomic E-state index is -2.35. The third kappa shape index (κ3) is 3.35. The van der Waals surface area contributed by atoms with Crippen LogP contribution in [-0.2, 0) is 4.57 Å². The first-order chi connectivity index (χ1) is 9.70. The SMILES string of the molecule is C[C@@H]1CN(c2ncc(P(C)(C)=O)cn2)C[C@H](C)N1C(=O)O. The Balaban J connectivity index is 2.17. The second-order valence-electron chi connectivity index (χ2n) is 5.88. The van der Waals surface area contributed by atoms with E-state index in [0.717, 1.165) is 0 Å². The molecular weight excluding hydrogens is 291 g/mol. The number of carbonyl (C=O) groups is 1. The van der Waals surface area contributed by atoms with Crippen LogP contribution in [0.25, 0.3) is 0 Å². The molecule has 116 valence electrons. The summed E-state index contributed by atoms with van der Waals surface area (Å²) in [5.41, 5.74) is 0. The molecule has 1 N–H and O–H groups in total. The van der Waals surface area contributed by atoms with Crippen LogP contribution in [0.1, 0.15) is 13.8 Å². The number of piperazine rings is 1. The first-order valence-corrected chi connectivity index (χ1v) is 9.44. The number of hydrogen-bond acceptors (Lipinski definition) is 5. The van der Waals surface area contributed by atoms with Crippen LogP contribution in [0.4, 0.5) is 10.7 Å². The van der Waals surface area contributed by atoms with E-state index in [9.17, 15) is 14.5 Å². The number of aromatic nitrogens is 2. The molecule has 0 aliphatic carbocycles. The molecule has 0 aromatic carbocycles. The molecule has 8 heteroatoms. The molecule has 1 aromatic heterocycles. The minimum absolute atomic E-state index is 0.127. The van der Waals surface area contributed by atoms with Crippen LogP contribution < -0.4 is 10.2 Å². The molecule has 1 saturated heterocycles. The molecule has 1 aliphatic rings. The number of rotatable bonds is 2. The van der Waals surface area contributed by atoms with Gasteiger partial charge in [0.2, 0.25) is 5.95 Å². The van der Waals surface area contributed by atoms with Crippen molar-refractivity contribution in [2.24, 2.45) is 0 Å². The third-order valence-corrected chi connectivity index (χ3v) is 5.14. The number of anilines is 1. The quantitative estimate of drug-likeness (QED) is 0.828. The Labute approximate surface area is 124 Å². The van der Waals surface area contributed by atoms with Gasteiger partial charge in [-0.1, -0.05) is 0 Å². The lowest BCUT2D eigenvalue weighted by Crippen LogP contribution is -2.58. The molecular formula is C13H21N4O3P. The fourth-order valence-electron chi connectivity index (χ4n) is 2.62. The van der Waals surface area contributed by atoms with E-state index in [0.29, 0.717) is 24.3 Å². The highest BCUT2D eigenvalue weighted by Crippen LogP contribution is 2.33. The molecule has 1 fully saturated rings. The molecule has 1 amide bonds. The Morgan fingerprint density at radius 2 is 1.71 bits per heavy atom. The fraction of sp³-hybridized carbons (Fsp3) is 0.615. The summed E-state index contributed by atoms with van der Waals surface area (Å²) < 4.78 is 12.0. The normalized spacial score (nSPS) is 23.2. The van der Waals surface area contributed by atoms with E-state index < -0.39 is 13.2 Å². The van der Waals surface area contributed by atoms with E-state index in [2.05, 4.69) is 9.97 Å². The lowest BCUT2D eigenvalue weighted by Gasteiger charge is -2.42. The predicted octanol–water partition coefficient (Wildman–Crippen LogP) is 1.30. The fourth-order valence-corrected chi connectivity index (χ4v) is 3.29. The van der Waals surface area contributed by atoms with Crippen LogP contribution in [0.3, 0.4) is 0 Å². The van der Waals surface area contributed by atoms with E-state index in [1.54, 1.807) is 25.7 Å². The molecule has 21 heavy (non-hydrogen) atoms. The highest BCUT2D eigenvalue weighted by atomic mass is 31.2. The van der Waals surface area contributed by atoms with Crippen molar-refractivity contribution >= 4 is 24.5 Å². The van der Waals surface area contributed by atoms with Gasteiger partial charge in [-0.25, -0.2) is 14.8 Å². The molecule has 0 saturated carbocycles. The Kier molecular flexibility index (Phi) is 4.23. The smallest absolute Gasteiger partial charge is 0.407 e. The molecule has 0 radical (unpaired) electrons. The maximum Gasteiger partial charge on any atom is 0.407 e. The lowest BCUT2D eigenvalue weighted by molar-refractivity contribution is 0.0979. The summed E-state index contributed by atoms with van der Waals surface area (Å²) in [4.78, 5) is 23.2. The van der Waals surface area contributed by atoms with Gasteiger partial charge < -0.3 is 14.6 Å². The number of carboxylic acid groups (broad SMARTS) is 1. The van der Waals surface area contributed by atoms with Crippen molar-refractivity contribution in [1.82, 2.24) is 14.9 Å². The summed E-state index contributed by atoms with van der Waals surface area (Å²) in [5.74, 6) is 0.552. The largest absolute Gasteiger partial charge is 0.465 e. The molecule has 0 unspecified atom stereocenters. The van der Waals surface area contributed by atoms with Gasteiger partial charge in [0.25, 0.3) is 0 Å². The Morgan fingerprint density at radius 1 is 1.24 bits per heavy atom. The van der Waals surface area contributed by atoms with Crippen LogP contribution in [-0.4, -0.2) is 64.6 Å². The molecule has 0 bridgehead atoms. The first-order valence-electron chi connectivity index (χ1n) is 6.84. The Bertz CT molecular complexity index is 559. The standard InChI is InChI=1S/C13H21N4O3P/c1-9-7-16(8-10(2)17(9)13(18)19)12-14-5-11(6-15-12)21(3,4)20/h5-6,9-10H,7-8H2,1-4H3,(H,18,19)/t9-,10+. The van der Waals surface area contributed by atoms with E-state index in [-0.39, 0.29) is 12.1 Å². The Hall–Kier alpha value is -1.62. The second kappa shape index (κ2) is 5.64. The van der Waals surface area contributed by atoms with Crippen molar-refractivity contribution in [3.05, 3.63) is 12.4 Å². The van der Waals surface area contributed by atoms with Crippen molar-refractivity contribution in [3.8, 4) is 0 Å². The van der Waals surface area contributed by atoms with Crippen LogP contribution in [0.15, 0.2) is 12.4 Å². The van der Waals surface area contributed by atoms with E-state index in [1.165, 1.54) is 4.90 Å². The van der Waals surface area contributed by atoms with Crippen molar-refractivity contribution in [1.29, 1.82) is 0 Å². The van der Waals surface area contributed by atoms with Crippen LogP contribution in [0.2, 0.25) is 0 Å². The van der Waals surface area contributed by atoms with Gasteiger partial charge in [0.15, 0.2) is 0 Å². The maximum absolute atomic E-state index is 12.0. The second-order valence-corrected chi connectivity index (χ2v) is 9.10. The minimum Gasteiger partial charge on any atom is -0.465 e. The summed E-state index contributed by atoms with van der Waals surface area (Å²) in [7, 11) is -2.35. The molecule has 2 heterocycles. The van der Waals surface area contributed by atoms with Gasteiger partial charge in [-0.05, 0) is 27.2 Å². The van der Waals surface area contributed by atoms with Crippen LogP contribution in [0.5, 0.6) is 0 Å². The van der Waals surface area contributed by atoms with Crippen LogP contribution >= 0.6 is 7.14 Å². The maximum atomic E-state index is 12.0. The lowest BCUT2D eigenvalue weighted by atomic mass is 10.1. The van der Waals surface area contributed by atoms with Gasteiger partial charge in [-0.3, -0.25) is 4.90 Å². The van der Waals surface area contributed by atoms with Gasteiger partial charge in [-0.2, -0.15) is 0 Å². The first kappa shape index (κ1) is 15.8. The van der Waals surface area contributed by atoms with Gasteiger partial charge in [0, 0.05) is 30.8 Å². The van der Waals surface area contributed by atoms with Gasteiger partial charge in [0.05, 0.1) is 12.1 Å². The molecule has 1 aliphatic heterocycles. The van der Waals surface area contributed by atoms with Crippen molar-refractivity contribution in [3.63, 3.8) is 0 Å². The molecule has 7 nitrogen and oxygen atoms in total. The third-order valence-electron chi connectivity index (χ3n) is 3.67. The molecule has 2 rings (SSSR count). The summed E-state index contributed by atoms with van der Waals surface area (Å²) >= 11 is 0. The zero-order valence-corrected chi connectivity index (χ0v) is 13.6. The molecule has 0 spiro atoms. The number of nitrogens with zero attached hydrogens (tertiary/aromatic N) is 4. The van der Waals surface area contributed by atoms with Gasteiger partial charge >= 0.3 is 6.09 Å². The number of hydrogen-bond donors (Lipinski definition) is 1. The van der Waals surface area contributed by atoms with E-state index >= 15 is 0 Å². The summed E-state index contributed by atoms with van der Waals surface area (Å²) in [6.07, 6.45) is 2.30. The summed E-state index contributed by atoms with van der Waals surface area (Å²) in [5, 5.41) is 9.86. The van der Waals surface area contributed by atoms with Gasteiger partial charge in [0.1, 0.15) is 7.14 Å². The van der Waals surface area contributed by atoms with Crippen molar-refractivity contribution < 1.29 is 14.5 Å². The summed E-state index contributed by atoms with van der Waals surface area (Å²) in [6, 6.07) is -0.254. The highest BCUT2D eigenvalue weighted by molar-refractivity contribution is 7.70. The molecule has 2 atom stereocenters. The van der Waals surface area contributed by atoms with E-state index in [4.69, 9.17) is 0 Å². The Morgan fingerprint density at radius 3 is 2.10 bits per heavy atom. The average Bonchev–Trinajstić information content (AvgIpc) is 2.36. The monoisotopic (exact) mass is 312 g/mol. The zero-order chi connectivity index (χ0) is 15.8. The average molecular weight is 312 g/mol. The highest BCUT2D eigenvalue weighted by Gasteiger charge is 2.33. The van der Waals surface area contributed by atoms with Gasteiger partial charge in [-0.15, -0.1) is 0 Å². The van der Waals surface area contributed by atoms with Crippen molar-refractivity contribution in [2.75, 3.05) is 31.3 Å². The topological polar surface area (TPSA) is 86.6 Å². The van der Waals surface area contributed by atoms with E-state index in [1.807, 2.05) is 18.7 Å². The number of amides is 1. The van der Waals surface area contributed by atoms with Crippen molar-refractivity contribution in [2.45, 2.75) is 25.9 Å².